The van der Waals surface area contributed by atoms with E-state index in [0.717, 1.165) is 45.4 Å². The molecule has 0 N–H and O–H groups in total. The summed E-state index contributed by atoms with van der Waals surface area (Å²) in [6.45, 7) is 0.674. The third kappa shape index (κ3) is 3.02. The number of pyridine rings is 1. The van der Waals surface area contributed by atoms with Gasteiger partial charge in [0.15, 0.2) is 6.29 Å². The van der Waals surface area contributed by atoms with Crippen molar-refractivity contribution in [2.45, 2.75) is 6.42 Å². The molecule has 0 aliphatic carbocycles. The van der Waals surface area contributed by atoms with Crippen LogP contribution < -0.4 is 4.90 Å². The zero-order chi connectivity index (χ0) is 20.0. The fourth-order valence-electron chi connectivity index (χ4n) is 3.72. The first kappa shape index (κ1) is 17.7. The molecule has 5 rings (SSSR count). The number of carbonyl (C=O) groups excluding carboxylic acids is 1. The van der Waals surface area contributed by atoms with E-state index in [1.807, 2.05) is 23.1 Å². The first-order valence-electron chi connectivity index (χ1n) is 9.05. The Kier molecular flexibility index (Phi) is 4.21. The highest BCUT2D eigenvalue weighted by atomic mass is 35.5. The quantitative estimate of drug-likeness (QED) is 0.450. The van der Waals surface area contributed by atoms with Gasteiger partial charge in [-0.05, 0) is 47.9 Å². The molecule has 0 bridgehead atoms. The molecule has 29 heavy (non-hydrogen) atoms. The highest BCUT2D eigenvalue weighted by Crippen LogP contribution is 2.39. The molecule has 3 heterocycles. The minimum atomic E-state index is -0.412. The predicted molar refractivity (Wildman–Crippen MR) is 110 cm³/mol. The molecule has 0 unspecified atom stereocenters. The van der Waals surface area contributed by atoms with Crippen LogP contribution in [0.5, 0.6) is 0 Å². The Balaban J connectivity index is 1.66. The van der Waals surface area contributed by atoms with Crippen LogP contribution in [-0.4, -0.2) is 27.8 Å². The number of aromatic nitrogens is 3. The smallest absolute Gasteiger partial charge is 0.151 e. The third-order valence-electron chi connectivity index (χ3n) is 5.12. The molecule has 1 aliphatic heterocycles. The van der Waals surface area contributed by atoms with Gasteiger partial charge in [-0.15, -0.1) is 0 Å². The van der Waals surface area contributed by atoms with E-state index in [0.29, 0.717) is 18.5 Å². The van der Waals surface area contributed by atoms with E-state index in [1.165, 1.54) is 18.6 Å². The van der Waals surface area contributed by atoms with Gasteiger partial charge in [-0.1, -0.05) is 17.7 Å². The Labute approximate surface area is 170 Å². The number of rotatable bonds is 3. The summed E-state index contributed by atoms with van der Waals surface area (Å²) in [7, 11) is 0. The summed E-state index contributed by atoms with van der Waals surface area (Å²) in [5.41, 5.74) is 4.79. The number of hydrogen-bond acceptors (Lipinski definition) is 5. The molecule has 0 spiro atoms. The Bertz CT molecular complexity index is 1280. The van der Waals surface area contributed by atoms with Crippen molar-refractivity contribution in [3.63, 3.8) is 0 Å². The van der Waals surface area contributed by atoms with E-state index in [1.54, 1.807) is 18.3 Å². The van der Waals surface area contributed by atoms with Gasteiger partial charge >= 0.3 is 0 Å². The van der Waals surface area contributed by atoms with Crippen molar-refractivity contribution < 1.29 is 9.18 Å². The molecule has 0 atom stereocenters. The molecule has 0 fully saturated rings. The lowest BCUT2D eigenvalue weighted by Crippen LogP contribution is -2.15. The largest absolute Gasteiger partial charge is 0.325 e. The first-order chi connectivity index (χ1) is 14.1. The van der Waals surface area contributed by atoms with Gasteiger partial charge in [-0.25, -0.2) is 14.4 Å². The van der Waals surface area contributed by atoms with Crippen LogP contribution in [0, 0.1) is 5.82 Å². The minimum absolute atomic E-state index is 0.0893. The van der Waals surface area contributed by atoms with Gasteiger partial charge < -0.3 is 4.90 Å². The van der Waals surface area contributed by atoms with Crippen LogP contribution >= 0.6 is 11.6 Å². The first-order valence-corrected chi connectivity index (χ1v) is 9.42. The summed E-state index contributed by atoms with van der Waals surface area (Å²) < 4.78 is 13.9. The summed E-state index contributed by atoms with van der Waals surface area (Å²) in [5.74, 6) is 0.322. The van der Waals surface area contributed by atoms with Gasteiger partial charge in [0.2, 0.25) is 0 Å². The lowest BCUT2D eigenvalue weighted by molar-refractivity contribution is 0.112. The molecule has 0 amide bonds. The van der Waals surface area contributed by atoms with Crippen LogP contribution in [-0.2, 0) is 6.42 Å². The normalized spacial score (nSPS) is 13.0. The molecule has 7 heteroatoms. The van der Waals surface area contributed by atoms with Gasteiger partial charge in [0.25, 0.3) is 0 Å². The molecule has 5 nitrogen and oxygen atoms in total. The van der Waals surface area contributed by atoms with Crippen molar-refractivity contribution in [1.29, 1.82) is 0 Å². The Hall–Kier alpha value is -3.38. The highest BCUT2D eigenvalue weighted by Gasteiger charge is 2.25. The summed E-state index contributed by atoms with van der Waals surface area (Å²) in [4.78, 5) is 26.2. The zero-order valence-corrected chi connectivity index (χ0v) is 15.9. The predicted octanol–water partition coefficient (Wildman–Crippen LogP) is 4.99. The number of anilines is 2. The SMILES string of the molecule is O=Cc1cncc(-c2ccc3ncnc(N4CCc5cc(F)c(Cl)cc54)c3c2)c1. The van der Waals surface area contributed by atoms with Crippen LogP contribution in [0.4, 0.5) is 15.9 Å². The summed E-state index contributed by atoms with van der Waals surface area (Å²) in [5, 5.41) is 0.946. The zero-order valence-electron chi connectivity index (χ0n) is 15.1. The number of benzene rings is 2. The number of nitrogens with zero attached hydrogens (tertiary/aromatic N) is 4. The lowest BCUT2D eigenvalue weighted by atomic mass is 10.0. The molecule has 0 saturated carbocycles. The monoisotopic (exact) mass is 404 g/mol. The van der Waals surface area contributed by atoms with E-state index in [-0.39, 0.29) is 5.02 Å². The van der Waals surface area contributed by atoms with E-state index < -0.39 is 5.82 Å². The maximum atomic E-state index is 13.9. The molecule has 0 radical (unpaired) electrons. The molecular weight excluding hydrogens is 391 g/mol. The second-order valence-corrected chi connectivity index (χ2v) is 7.26. The molecule has 1 aliphatic rings. The molecular formula is C22H14ClFN4O. The van der Waals surface area contributed by atoms with Crippen molar-refractivity contribution in [2.24, 2.45) is 0 Å². The maximum Gasteiger partial charge on any atom is 0.151 e. The van der Waals surface area contributed by atoms with E-state index >= 15 is 0 Å². The molecule has 0 saturated heterocycles. The van der Waals surface area contributed by atoms with Gasteiger partial charge in [0.05, 0.1) is 10.5 Å². The number of carbonyl (C=O) groups is 1. The van der Waals surface area contributed by atoms with Crippen LogP contribution in [0.3, 0.4) is 0 Å². The Morgan fingerprint density at radius 1 is 1.07 bits per heavy atom. The number of hydrogen-bond donors (Lipinski definition) is 0. The fraction of sp³-hybridized carbons (Fsp3) is 0.0909. The van der Waals surface area contributed by atoms with E-state index in [9.17, 15) is 9.18 Å². The minimum Gasteiger partial charge on any atom is -0.325 e. The Morgan fingerprint density at radius 2 is 1.97 bits per heavy atom. The standard InChI is InChI=1S/C22H14ClFN4O/c23-18-8-21-15(7-19(18)24)3-4-28(21)22-17-6-14(1-2-20(17)26-12-27-22)16-5-13(11-29)9-25-10-16/h1-2,5-12H,3-4H2. The topological polar surface area (TPSA) is 59.0 Å². The van der Waals surface area contributed by atoms with Crippen molar-refractivity contribution in [3.8, 4) is 11.1 Å². The summed E-state index contributed by atoms with van der Waals surface area (Å²) in [6.07, 6.45) is 6.24. The van der Waals surface area contributed by atoms with Gasteiger partial charge in [0.1, 0.15) is 18.0 Å². The van der Waals surface area contributed by atoms with Crippen LogP contribution in [0.1, 0.15) is 15.9 Å². The lowest BCUT2D eigenvalue weighted by Gasteiger charge is -2.20. The van der Waals surface area contributed by atoms with Crippen molar-refractivity contribution in [1.82, 2.24) is 15.0 Å². The number of halogens is 2. The van der Waals surface area contributed by atoms with Crippen molar-refractivity contribution >= 4 is 40.3 Å². The summed E-state index contributed by atoms with van der Waals surface area (Å²) in [6, 6.07) is 10.8. The fourth-order valence-corrected chi connectivity index (χ4v) is 3.88. The van der Waals surface area contributed by atoms with Gasteiger partial charge in [0, 0.05) is 41.1 Å². The van der Waals surface area contributed by atoms with E-state index in [4.69, 9.17) is 11.6 Å². The average molecular weight is 405 g/mol. The van der Waals surface area contributed by atoms with Crippen LogP contribution in [0.25, 0.3) is 22.0 Å². The maximum absolute atomic E-state index is 13.9. The summed E-state index contributed by atoms with van der Waals surface area (Å²) >= 11 is 6.03. The second-order valence-electron chi connectivity index (χ2n) is 6.85. The van der Waals surface area contributed by atoms with Gasteiger partial charge in [-0.3, -0.25) is 9.78 Å². The molecule has 142 valence electrons. The van der Waals surface area contributed by atoms with Gasteiger partial charge in [-0.2, -0.15) is 0 Å². The highest BCUT2D eigenvalue weighted by molar-refractivity contribution is 6.31. The molecule has 4 aromatic rings. The van der Waals surface area contributed by atoms with Crippen molar-refractivity contribution in [3.05, 3.63) is 77.1 Å². The second kappa shape index (κ2) is 6.90. The van der Waals surface area contributed by atoms with Crippen molar-refractivity contribution in [2.75, 3.05) is 11.4 Å². The molecule has 2 aromatic heterocycles. The van der Waals surface area contributed by atoms with E-state index in [2.05, 4.69) is 15.0 Å². The Morgan fingerprint density at radius 3 is 2.83 bits per heavy atom. The third-order valence-corrected chi connectivity index (χ3v) is 5.41. The molecule has 2 aromatic carbocycles. The van der Waals surface area contributed by atoms with Crippen LogP contribution in [0.15, 0.2) is 55.1 Å². The van der Waals surface area contributed by atoms with Crippen LogP contribution in [0.2, 0.25) is 5.02 Å². The number of fused-ring (bicyclic) bond motifs is 2. The number of aldehydes is 1. The average Bonchev–Trinajstić information content (AvgIpc) is 3.15.